The molecule has 0 fully saturated rings. The number of carbonyl (C=O) groups excluding carboxylic acids is 2. The SMILES string of the molecule is CCC(=O)N1CCCc2cc(NC(=O)c3c(F)cccc3Cl)ccc21. The van der Waals surface area contributed by atoms with Gasteiger partial charge in [-0.3, -0.25) is 9.59 Å². The summed E-state index contributed by atoms with van der Waals surface area (Å²) in [6.45, 7) is 2.54. The van der Waals surface area contributed by atoms with Gasteiger partial charge in [-0.25, -0.2) is 4.39 Å². The molecule has 0 saturated carbocycles. The second-order valence-electron chi connectivity index (χ2n) is 5.90. The van der Waals surface area contributed by atoms with Crippen molar-refractivity contribution in [3.8, 4) is 0 Å². The maximum Gasteiger partial charge on any atom is 0.260 e. The van der Waals surface area contributed by atoms with Crippen molar-refractivity contribution >= 4 is 34.8 Å². The van der Waals surface area contributed by atoms with E-state index in [1.807, 2.05) is 19.1 Å². The van der Waals surface area contributed by atoms with Gasteiger partial charge in [0, 0.05) is 24.3 Å². The largest absolute Gasteiger partial charge is 0.322 e. The topological polar surface area (TPSA) is 49.4 Å². The van der Waals surface area contributed by atoms with E-state index in [0.29, 0.717) is 18.7 Å². The molecule has 2 aromatic carbocycles. The predicted octanol–water partition coefficient (Wildman–Crippen LogP) is 4.42. The summed E-state index contributed by atoms with van der Waals surface area (Å²) in [5, 5.41) is 2.75. The molecular formula is C19H18ClFN2O2. The zero-order valence-corrected chi connectivity index (χ0v) is 14.6. The number of nitrogens with one attached hydrogen (secondary N) is 1. The Morgan fingerprint density at radius 3 is 2.80 bits per heavy atom. The fraction of sp³-hybridized carbons (Fsp3) is 0.263. The first-order chi connectivity index (χ1) is 12.0. The zero-order valence-electron chi connectivity index (χ0n) is 13.8. The lowest BCUT2D eigenvalue weighted by atomic mass is 10.0. The van der Waals surface area contributed by atoms with Gasteiger partial charge in [0.2, 0.25) is 5.91 Å². The van der Waals surface area contributed by atoms with E-state index in [-0.39, 0.29) is 16.5 Å². The molecule has 6 heteroatoms. The van der Waals surface area contributed by atoms with Crippen molar-refractivity contribution in [2.45, 2.75) is 26.2 Å². The third-order valence-electron chi connectivity index (χ3n) is 4.25. The van der Waals surface area contributed by atoms with Crippen LogP contribution in [0.3, 0.4) is 0 Å². The van der Waals surface area contributed by atoms with Gasteiger partial charge in [0.15, 0.2) is 0 Å². The number of benzene rings is 2. The summed E-state index contributed by atoms with van der Waals surface area (Å²) in [5.74, 6) is -1.18. The molecule has 1 N–H and O–H groups in total. The minimum absolute atomic E-state index is 0.0650. The van der Waals surface area contributed by atoms with E-state index in [1.54, 1.807) is 11.0 Å². The molecular weight excluding hydrogens is 343 g/mol. The van der Waals surface area contributed by atoms with E-state index in [9.17, 15) is 14.0 Å². The molecule has 4 nitrogen and oxygen atoms in total. The van der Waals surface area contributed by atoms with Crippen molar-refractivity contribution in [1.29, 1.82) is 0 Å². The van der Waals surface area contributed by atoms with Gasteiger partial charge < -0.3 is 10.2 Å². The quantitative estimate of drug-likeness (QED) is 0.880. The highest BCUT2D eigenvalue weighted by Gasteiger charge is 2.22. The summed E-state index contributed by atoms with van der Waals surface area (Å²) in [5.41, 5.74) is 2.24. The molecule has 0 aliphatic carbocycles. The second-order valence-corrected chi connectivity index (χ2v) is 6.30. The van der Waals surface area contributed by atoms with Gasteiger partial charge in [0.1, 0.15) is 5.82 Å². The molecule has 0 atom stereocenters. The van der Waals surface area contributed by atoms with E-state index in [1.165, 1.54) is 18.2 Å². The van der Waals surface area contributed by atoms with E-state index < -0.39 is 11.7 Å². The van der Waals surface area contributed by atoms with Crippen LogP contribution in [-0.4, -0.2) is 18.4 Å². The third kappa shape index (κ3) is 3.51. The number of amides is 2. The summed E-state index contributed by atoms with van der Waals surface area (Å²) in [7, 11) is 0. The Kier molecular flexibility index (Phi) is 5.04. The maximum absolute atomic E-state index is 13.9. The van der Waals surface area contributed by atoms with Crippen LogP contribution in [0.15, 0.2) is 36.4 Å². The summed E-state index contributed by atoms with van der Waals surface area (Å²) < 4.78 is 13.9. The second kappa shape index (κ2) is 7.23. The number of carbonyl (C=O) groups is 2. The fourth-order valence-electron chi connectivity index (χ4n) is 3.03. The van der Waals surface area contributed by atoms with E-state index in [0.717, 1.165) is 24.1 Å². The third-order valence-corrected chi connectivity index (χ3v) is 4.56. The number of hydrogen-bond acceptors (Lipinski definition) is 2. The molecule has 0 aromatic heterocycles. The minimum Gasteiger partial charge on any atom is -0.322 e. The van der Waals surface area contributed by atoms with Crippen LogP contribution in [0.4, 0.5) is 15.8 Å². The first-order valence-corrected chi connectivity index (χ1v) is 8.57. The first-order valence-electron chi connectivity index (χ1n) is 8.20. The molecule has 2 amide bonds. The Bertz CT molecular complexity index is 818. The number of hydrogen-bond donors (Lipinski definition) is 1. The van der Waals surface area contributed by atoms with Crippen LogP contribution in [0.25, 0.3) is 0 Å². The Morgan fingerprint density at radius 2 is 2.08 bits per heavy atom. The molecule has 25 heavy (non-hydrogen) atoms. The van der Waals surface area contributed by atoms with Crippen molar-refractivity contribution in [3.05, 3.63) is 58.4 Å². The predicted molar refractivity (Wildman–Crippen MR) is 96.8 cm³/mol. The number of anilines is 2. The van der Waals surface area contributed by atoms with Crippen LogP contribution >= 0.6 is 11.6 Å². The van der Waals surface area contributed by atoms with Crippen LogP contribution in [0.2, 0.25) is 5.02 Å². The lowest BCUT2D eigenvalue weighted by Crippen LogP contribution is -2.34. The van der Waals surface area contributed by atoms with E-state index in [4.69, 9.17) is 11.6 Å². The van der Waals surface area contributed by atoms with Crippen LogP contribution in [0.5, 0.6) is 0 Å². The fourth-order valence-corrected chi connectivity index (χ4v) is 3.28. The molecule has 1 heterocycles. The Hall–Kier alpha value is -2.40. The molecule has 0 radical (unpaired) electrons. The monoisotopic (exact) mass is 360 g/mol. The van der Waals surface area contributed by atoms with Gasteiger partial charge in [-0.1, -0.05) is 24.6 Å². The lowest BCUT2D eigenvalue weighted by Gasteiger charge is -2.29. The molecule has 1 aliphatic heterocycles. The van der Waals surface area contributed by atoms with Gasteiger partial charge in [0.25, 0.3) is 5.91 Å². The molecule has 0 bridgehead atoms. The summed E-state index contributed by atoms with van der Waals surface area (Å²) in [6, 6.07) is 9.49. The average Bonchev–Trinajstić information content (AvgIpc) is 2.60. The lowest BCUT2D eigenvalue weighted by molar-refractivity contribution is -0.118. The van der Waals surface area contributed by atoms with Crippen molar-refractivity contribution in [1.82, 2.24) is 0 Å². The highest BCUT2D eigenvalue weighted by Crippen LogP contribution is 2.30. The number of nitrogens with zero attached hydrogens (tertiary/aromatic N) is 1. The van der Waals surface area contributed by atoms with Crippen LogP contribution < -0.4 is 10.2 Å². The number of fused-ring (bicyclic) bond motifs is 1. The van der Waals surface area contributed by atoms with Crippen molar-refractivity contribution in [2.75, 3.05) is 16.8 Å². The molecule has 0 unspecified atom stereocenters. The Labute approximate surface area is 150 Å². The van der Waals surface area contributed by atoms with Gasteiger partial charge in [0.05, 0.1) is 10.6 Å². The number of halogens is 2. The van der Waals surface area contributed by atoms with Gasteiger partial charge in [-0.2, -0.15) is 0 Å². The first kappa shape index (κ1) is 17.4. The summed E-state index contributed by atoms with van der Waals surface area (Å²) in [4.78, 5) is 26.2. The molecule has 3 rings (SSSR count). The number of aryl methyl sites for hydroxylation is 1. The highest BCUT2D eigenvalue weighted by molar-refractivity contribution is 6.34. The minimum atomic E-state index is -0.664. The van der Waals surface area contributed by atoms with E-state index in [2.05, 4.69) is 5.32 Å². The summed E-state index contributed by atoms with van der Waals surface area (Å²) in [6.07, 6.45) is 2.14. The van der Waals surface area contributed by atoms with Crippen LogP contribution in [0, 0.1) is 5.82 Å². The Morgan fingerprint density at radius 1 is 1.28 bits per heavy atom. The summed E-state index contributed by atoms with van der Waals surface area (Å²) >= 11 is 5.93. The molecule has 0 saturated heterocycles. The van der Waals surface area contributed by atoms with Gasteiger partial charge in [-0.15, -0.1) is 0 Å². The van der Waals surface area contributed by atoms with Gasteiger partial charge >= 0.3 is 0 Å². The van der Waals surface area contributed by atoms with Crippen LogP contribution in [0.1, 0.15) is 35.7 Å². The normalized spacial score (nSPS) is 13.3. The average molecular weight is 361 g/mol. The molecule has 0 spiro atoms. The molecule has 2 aromatic rings. The zero-order chi connectivity index (χ0) is 18.0. The van der Waals surface area contributed by atoms with Crippen molar-refractivity contribution in [2.24, 2.45) is 0 Å². The highest BCUT2D eigenvalue weighted by atomic mass is 35.5. The molecule has 1 aliphatic rings. The Balaban J connectivity index is 1.85. The van der Waals surface area contributed by atoms with Crippen molar-refractivity contribution < 1.29 is 14.0 Å². The van der Waals surface area contributed by atoms with Gasteiger partial charge in [-0.05, 0) is 48.7 Å². The smallest absolute Gasteiger partial charge is 0.260 e. The standard InChI is InChI=1S/C19H18ClFN2O2/c1-2-17(24)23-10-4-5-12-11-13(8-9-16(12)23)22-19(25)18-14(20)6-3-7-15(18)21/h3,6-9,11H,2,4-5,10H2,1H3,(H,22,25). The molecule has 130 valence electrons. The van der Waals surface area contributed by atoms with Crippen molar-refractivity contribution in [3.63, 3.8) is 0 Å². The maximum atomic E-state index is 13.9. The van der Waals surface area contributed by atoms with E-state index >= 15 is 0 Å². The number of rotatable bonds is 3. The van der Waals surface area contributed by atoms with Crippen LogP contribution in [-0.2, 0) is 11.2 Å².